The zero-order valence-corrected chi connectivity index (χ0v) is 20.6. The van der Waals surface area contributed by atoms with Gasteiger partial charge in [0.25, 0.3) is 0 Å². The van der Waals surface area contributed by atoms with Crippen LogP contribution in [0.1, 0.15) is 113 Å². The van der Waals surface area contributed by atoms with Crippen LogP contribution in [0.2, 0.25) is 0 Å². The molecule has 0 bridgehead atoms. The molecule has 29 heavy (non-hydrogen) atoms. The summed E-state index contributed by atoms with van der Waals surface area (Å²) in [6.45, 7) is 18.6. The fourth-order valence-electron chi connectivity index (χ4n) is 10.5. The molecule has 0 aromatic heterocycles. The molecule has 0 spiro atoms. The Kier molecular flexibility index (Phi) is 4.54. The standard InChI is InChI=1S/C29H48/c1-19-12-15-26(4)17-18-28(6)23(25(26)21(19)3)10-11-24-27(5)14-8-9-20(2)22(27)13-16-29(24,28)7/h10,19-22,24-25H,8-9,11-18H2,1-7H3/t19-,20+,21+,22+,24-,25+,26-,27+,28-,29-/m1/s1. The minimum atomic E-state index is 0.445. The topological polar surface area (TPSA) is 0 Å². The molecule has 0 nitrogen and oxygen atoms in total. The molecule has 5 aliphatic rings. The second-order valence-electron chi connectivity index (χ2n) is 13.7. The van der Waals surface area contributed by atoms with Crippen molar-refractivity contribution in [1.82, 2.24) is 0 Å². The van der Waals surface area contributed by atoms with Crippen molar-refractivity contribution in [2.75, 3.05) is 0 Å². The van der Waals surface area contributed by atoms with Gasteiger partial charge in [0, 0.05) is 0 Å². The van der Waals surface area contributed by atoms with E-state index < -0.39 is 0 Å². The van der Waals surface area contributed by atoms with Crippen molar-refractivity contribution in [2.24, 2.45) is 57.2 Å². The average Bonchev–Trinajstić information content (AvgIpc) is 2.66. The lowest BCUT2D eigenvalue weighted by atomic mass is 9.34. The molecule has 0 saturated heterocycles. The highest BCUT2D eigenvalue weighted by molar-refractivity contribution is 5.33. The number of allylic oxidation sites excluding steroid dienone is 2. The second kappa shape index (κ2) is 6.38. The van der Waals surface area contributed by atoms with E-state index in [0.717, 1.165) is 35.5 Å². The smallest absolute Gasteiger partial charge is 0.00564 e. The van der Waals surface area contributed by atoms with Crippen LogP contribution < -0.4 is 0 Å². The van der Waals surface area contributed by atoms with Gasteiger partial charge < -0.3 is 0 Å². The van der Waals surface area contributed by atoms with E-state index in [1.807, 2.05) is 5.57 Å². The van der Waals surface area contributed by atoms with Gasteiger partial charge in [0.2, 0.25) is 0 Å². The lowest BCUT2D eigenvalue weighted by Gasteiger charge is -2.70. The van der Waals surface area contributed by atoms with E-state index >= 15 is 0 Å². The molecular formula is C29H48. The summed E-state index contributed by atoms with van der Waals surface area (Å²) < 4.78 is 0. The van der Waals surface area contributed by atoms with Gasteiger partial charge in [-0.05, 0) is 109 Å². The molecule has 0 N–H and O–H groups in total. The van der Waals surface area contributed by atoms with E-state index in [1.165, 1.54) is 64.2 Å². The molecule has 164 valence electrons. The largest absolute Gasteiger partial charge is 0.0841 e. The van der Waals surface area contributed by atoms with Gasteiger partial charge in [0.15, 0.2) is 0 Å². The summed E-state index contributed by atoms with van der Waals surface area (Å²) in [5, 5.41) is 0. The normalized spacial score (nSPS) is 59.6. The van der Waals surface area contributed by atoms with Crippen molar-refractivity contribution >= 4 is 0 Å². The number of hydrogen-bond donors (Lipinski definition) is 0. The molecule has 5 rings (SSSR count). The summed E-state index contributed by atoms with van der Waals surface area (Å²) >= 11 is 0. The van der Waals surface area contributed by atoms with Crippen LogP contribution in [0.3, 0.4) is 0 Å². The van der Waals surface area contributed by atoms with Crippen LogP contribution in [0.25, 0.3) is 0 Å². The molecule has 10 atom stereocenters. The lowest BCUT2D eigenvalue weighted by Crippen LogP contribution is -2.62. The van der Waals surface area contributed by atoms with Crippen LogP contribution >= 0.6 is 0 Å². The predicted molar refractivity (Wildman–Crippen MR) is 125 cm³/mol. The summed E-state index contributed by atoms with van der Waals surface area (Å²) in [6, 6.07) is 0. The van der Waals surface area contributed by atoms with Gasteiger partial charge in [0.1, 0.15) is 0 Å². The molecule has 0 amide bonds. The quantitative estimate of drug-likeness (QED) is 0.359. The summed E-state index contributed by atoms with van der Waals surface area (Å²) in [7, 11) is 0. The molecule has 5 aliphatic carbocycles. The Morgan fingerprint density at radius 2 is 1.55 bits per heavy atom. The lowest BCUT2D eigenvalue weighted by molar-refractivity contribution is -0.166. The van der Waals surface area contributed by atoms with Crippen molar-refractivity contribution < 1.29 is 0 Å². The highest BCUT2D eigenvalue weighted by atomic mass is 14.7. The van der Waals surface area contributed by atoms with Gasteiger partial charge in [-0.15, -0.1) is 0 Å². The Morgan fingerprint density at radius 3 is 2.31 bits per heavy atom. The first kappa shape index (κ1) is 20.6. The molecular weight excluding hydrogens is 348 g/mol. The van der Waals surface area contributed by atoms with Gasteiger partial charge in [-0.3, -0.25) is 0 Å². The minimum absolute atomic E-state index is 0.445. The van der Waals surface area contributed by atoms with E-state index in [9.17, 15) is 0 Å². The monoisotopic (exact) mass is 396 g/mol. The van der Waals surface area contributed by atoms with Crippen molar-refractivity contribution in [3.63, 3.8) is 0 Å². The Hall–Kier alpha value is -0.260. The zero-order valence-electron chi connectivity index (χ0n) is 20.6. The van der Waals surface area contributed by atoms with Gasteiger partial charge in [-0.25, -0.2) is 0 Å². The molecule has 4 saturated carbocycles. The average molecular weight is 397 g/mol. The van der Waals surface area contributed by atoms with Gasteiger partial charge in [0.05, 0.1) is 0 Å². The Balaban J connectivity index is 1.59. The third-order valence-corrected chi connectivity index (χ3v) is 12.8. The Bertz CT molecular complexity index is 703. The van der Waals surface area contributed by atoms with Crippen molar-refractivity contribution in [3.05, 3.63) is 11.6 Å². The SMILES string of the molecule is C[C@H]1[C@H](C)CC[C@]2(C)CC[C@]3(C)C(=CC[C@@H]4[C@@]5(C)CCC[C@H](C)[C@@H]5CC[C@]43C)[C@H]12. The minimum Gasteiger partial charge on any atom is -0.0841 e. The third-order valence-electron chi connectivity index (χ3n) is 12.8. The van der Waals surface area contributed by atoms with Gasteiger partial charge in [-0.1, -0.05) is 73.0 Å². The predicted octanol–water partition coefficient (Wildman–Crippen LogP) is 8.66. The van der Waals surface area contributed by atoms with E-state index in [4.69, 9.17) is 0 Å². The second-order valence-corrected chi connectivity index (χ2v) is 13.7. The molecule has 0 aliphatic heterocycles. The molecule has 0 radical (unpaired) electrons. The first-order chi connectivity index (χ1) is 13.6. The summed E-state index contributed by atoms with van der Waals surface area (Å²) in [6.07, 6.45) is 17.5. The summed E-state index contributed by atoms with van der Waals surface area (Å²) in [5.74, 6) is 5.45. The molecule has 0 heterocycles. The van der Waals surface area contributed by atoms with Crippen LogP contribution in [0.4, 0.5) is 0 Å². The Morgan fingerprint density at radius 1 is 0.793 bits per heavy atom. The molecule has 4 fully saturated rings. The maximum atomic E-state index is 2.86. The van der Waals surface area contributed by atoms with Crippen LogP contribution in [0, 0.1) is 57.2 Å². The van der Waals surface area contributed by atoms with E-state index in [1.54, 1.807) is 0 Å². The maximum Gasteiger partial charge on any atom is -0.00564 e. The number of fused-ring (bicyclic) bond motifs is 7. The highest BCUT2D eigenvalue weighted by Crippen LogP contribution is 2.74. The zero-order chi connectivity index (χ0) is 20.8. The van der Waals surface area contributed by atoms with E-state index in [0.29, 0.717) is 21.7 Å². The van der Waals surface area contributed by atoms with Crippen molar-refractivity contribution in [1.29, 1.82) is 0 Å². The van der Waals surface area contributed by atoms with Crippen molar-refractivity contribution in [2.45, 2.75) is 113 Å². The Labute approximate surface area is 181 Å². The summed E-state index contributed by atoms with van der Waals surface area (Å²) in [5.41, 5.74) is 4.05. The number of hydrogen-bond acceptors (Lipinski definition) is 0. The highest BCUT2D eigenvalue weighted by Gasteiger charge is 2.66. The van der Waals surface area contributed by atoms with Crippen molar-refractivity contribution in [3.8, 4) is 0 Å². The van der Waals surface area contributed by atoms with E-state index in [-0.39, 0.29) is 0 Å². The molecule has 0 aromatic rings. The molecule has 0 unspecified atom stereocenters. The first-order valence-electron chi connectivity index (χ1n) is 13.3. The van der Waals surface area contributed by atoms with Crippen LogP contribution in [-0.4, -0.2) is 0 Å². The molecule has 0 heteroatoms. The van der Waals surface area contributed by atoms with Crippen LogP contribution in [-0.2, 0) is 0 Å². The fourth-order valence-corrected chi connectivity index (χ4v) is 10.5. The van der Waals surface area contributed by atoms with E-state index in [2.05, 4.69) is 54.5 Å². The third kappa shape index (κ3) is 2.50. The van der Waals surface area contributed by atoms with Gasteiger partial charge in [-0.2, -0.15) is 0 Å². The maximum absolute atomic E-state index is 2.86. The summed E-state index contributed by atoms with van der Waals surface area (Å²) in [4.78, 5) is 0. The molecule has 0 aromatic carbocycles. The fraction of sp³-hybridized carbons (Fsp3) is 0.931. The van der Waals surface area contributed by atoms with Crippen LogP contribution in [0.5, 0.6) is 0 Å². The first-order valence-corrected chi connectivity index (χ1v) is 13.3. The van der Waals surface area contributed by atoms with Crippen LogP contribution in [0.15, 0.2) is 11.6 Å². The number of rotatable bonds is 0. The van der Waals surface area contributed by atoms with Gasteiger partial charge >= 0.3 is 0 Å².